The van der Waals surface area contributed by atoms with E-state index in [-0.39, 0.29) is 29.9 Å². The molecule has 8 nitrogen and oxygen atoms in total. The van der Waals surface area contributed by atoms with Gasteiger partial charge in [-0.15, -0.1) is 0 Å². The summed E-state index contributed by atoms with van der Waals surface area (Å²) in [5.41, 5.74) is -0.222. The molecule has 0 unspecified atom stereocenters. The number of amides is 2. The van der Waals surface area contributed by atoms with Crippen LogP contribution in [0.1, 0.15) is 39.7 Å². The second-order valence-corrected chi connectivity index (χ2v) is 6.45. The summed E-state index contributed by atoms with van der Waals surface area (Å²) in [6, 6.07) is 4.06. The van der Waals surface area contributed by atoms with Crippen LogP contribution in [0.2, 0.25) is 0 Å². The van der Waals surface area contributed by atoms with Gasteiger partial charge in [0.25, 0.3) is 11.8 Å². The highest BCUT2D eigenvalue weighted by Crippen LogP contribution is 2.33. The van der Waals surface area contributed by atoms with E-state index < -0.39 is 23.6 Å². The second-order valence-electron chi connectivity index (χ2n) is 6.45. The van der Waals surface area contributed by atoms with Gasteiger partial charge in [-0.1, -0.05) is 0 Å². The first kappa shape index (κ1) is 18.7. The van der Waals surface area contributed by atoms with E-state index in [1.165, 1.54) is 40.4 Å². The summed E-state index contributed by atoms with van der Waals surface area (Å²) in [4.78, 5) is 30.3. The number of fused-ring (bicyclic) bond motifs is 1. The number of oxazole rings is 1. The molecule has 3 aromatic rings. The minimum absolute atomic E-state index is 0.114. The van der Waals surface area contributed by atoms with E-state index >= 15 is 0 Å². The monoisotopic (exact) mass is 405 g/mol. The molecular formula is C18H14F3N5O3. The van der Waals surface area contributed by atoms with Crippen LogP contribution in [0.4, 0.5) is 24.5 Å². The number of hydrogen-bond acceptors (Lipinski definition) is 5. The van der Waals surface area contributed by atoms with Gasteiger partial charge in [0.15, 0.2) is 5.69 Å². The highest BCUT2D eigenvalue weighted by Gasteiger charge is 2.35. The third-order valence-corrected chi connectivity index (χ3v) is 4.49. The lowest BCUT2D eigenvalue weighted by atomic mass is 10.1. The normalized spacial score (nSPS) is 16.6. The summed E-state index contributed by atoms with van der Waals surface area (Å²) in [6.07, 6.45) is -0.585. The number of carbonyl (C=O) groups excluding carboxylic acids is 2. The van der Waals surface area contributed by atoms with Crippen LogP contribution in [0, 0.1) is 0 Å². The smallest absolute Gasteiger partial charge is 0.416 e. The Morgan fingerprint density at radius 2 is 2.00 bits per heavy atom. The predicted molar refractivity (Wildman–Crippen MR) is 94.5 cm³/mol. The first-order chi connectivity index (χ1) is 13.8. The Labute approximate surface area is 161 Å². The Kier molecular flexibility index (Phi) is 4.36. The molecule has 0 aliphatic carbocycles. The van der Waals surface area contributed by atoms with Crippen LogP contribution in [0.5, 0.6) is 0 Å². The number of hydrogen-bond donors (Lipinski definition) is 1. The van der Waals surface area contributed by atoms with Crippen molar-refractivity contribution < 1.29 is 27.2 Å². The fraction of sp³-hybridized carbons (Fsp3) is 0.222. The molecule has 3 heterocycles. The number of nitrogens with one attached hydrogen (secondary N) is 1. The van der Waals surface area contributed by atoms with Crippen molar-refractivity contribution in [1.82, 2.24) is 14.8 Å². The number of anilines is 2. The van der Waals surface area contributed by atoms with Crippen molar-refractivity contribution in [2.75, 3.05) is 16.8 Å². The number of rotatable bonds is 3. The quantitative estimate of drug-likeness (QED) is 0.721. The lowest BCUT2D eigenvalue weighted by molar-refractivity contribution is -0.137. The molecule has 0 fully saturated rings. The molecule has 1 atom stereocenters. The van der Waals surface area contributed by atoms with Crippen molar-refractivity contribution in [3.63, 3.8) is 0 Å². The Balaban J connectivity index is 1.64. The third-order valence-electron chi connectivity index (χ3n) is 4.49. The Bertz CT molecular complexity index is 1060. The Hall–Kier alpha value is -3.63. The number of nitrogens with zero attached hydrogens (tertiary/aromatic N) is 4. The molecule has 4 rings (SSSR count). The SMILES string of the molecule is C[C@H]1CN(c2ccc(C(F)(F)F)cc2)C(=O)c2c(NC(=O)c3ncco3)cnn21. The van der Waals surface area contributed by atoms with E-state index in [0.29, 0.717) is 5.69 Å². The lowest BCUT2D eigenvalue weighted by Crippen LogP contribution is -2.43. The van der Waals surface area contributed by atoms with Crippen molar-refractivity contribution in [2.45, 2.75) is 19.1 Å². The van der Waals surface area contributed by atoms with Crippen LogP contribution < -0.4 is 10.2 Å². The minimum atomic E-state index is -4.46. The molecule has 2 aromatic heterocycles. The number of halogens is 3. The van der Waals surface area contributed by atoms with Crippen molar-refractivity contribution in [3.8, 4) is 0 Å². The molecule has 150 valence electrons. The summed E-state index contributed by atoms with van der Waals surface area (Å²) in [5.74, 6) is -1.33. The summed E-state index contributed by atoms with van der Waals surface area (Å²) in [5, 5.41) is 6.68. The van der Waals surface area contributed by atoms with E-state index in [1.54, 1.807) is 6.92 Å². The highest BCUT2D eigenvalue weighted by molar-refractivity contribution is 6.12. The topological polar surface area (TPSA) is 93.3 Å². The summed E-state index contributed by atoms with van der Waals surface area (Å²) < 4.78 is 44.8. The van der Waals surface area contributed by atoms with Gasteiger partial charge >= 0.3 is 12.1 Å². The van der Waals surface area contributed by atoms with Crippen molar-refractivity contribution in [2.24, 2.45) is 0 Å². The number of benzene rings is 1. The molecule has 0 radical (unpaired) electrons. The van der Waals surface area contributed by atoms with E-state index in [0.717, 1.165) is 12.1 Å². The van der Waals surface area contributed by atoms with Gasteiger partial charge < -0.3 is 14.6 Å². The van der Waals surface area contributed by atoms with E-state index in [2.05, 4.69) is 15.4 Å². The number of aromatic nitrogens is 3. The van der Waals surface area contributed by atoms with Crippen molar-refractivity contribution in [1.29, 1.82) is 0 Å². The predicted octanol–water partition coefficient (Wildman–Crippen LogP) is 3.36. The molecule has 2 amide bonds. The molecule has 1 N–H and O–H groups in total. The molecule has 1 aromatic carbocycles. The highest BCUT2D eigenvalue weighted by atomic mass is 19.4. The average Bonchev–Trinajstić information content (AvgIpc) is 3.34. The van der Waals surface area contributed by atoms with E-state index in [1.807, 2.05) is 0 Å². The van der Waals surface area contributed by atoms with Crippen LogP contribution >= 0.6 is 0 Å². The maximum absolute atomic E-state index is 13.0. The molecule has 0 saturated heterocycles. The molecule has 29 heavy (non-hydrogen) atoms. The Morgan fingerprint density at radius 3 is 2.62 bits per heavy atom. The van der Waals surface area contributed by atoms with Gasteiger partial charge in [-0.3, -0.25) is 14.3 Å². The standard InChI is InChI=1S/C18H14F3N5O3/c1-10-9-25(12-4-2-11(3-5-12)18(19,20)21)17(28)14-13(8-23-26(10)14)24-15(27)16-22-6-7-29-16/h2-8,10H,9H2,1H3,(H,24,27)/t10-/m0/s1. The number of alkyl halides is 3. The summed E-state index contributed by atoms with van der Waals surface area (Å²) >= 11 is 0. The molecule has 1 aliphatic rings. The van der Waals surface area contributed by atoms with Crippen molar-refractivity contribution in [3.05, 3.63) is 60.1 Å². The first-order valence-corrected chi connectivity index (χ1v) is 8.53. The van der Waals surface area contributed by atoms with Crippen LogP contribution in [0.3, 0.4) is 0 Å². The fourth-order valence-electron chi connectivity index (χ4n) is 3.12. The second kappa shape index (κ2) is 6.76. The van der Waals surface area contributed by atoms with Gasteiger partial charge in [0.05, 0.1) is 29.7 Å². The Morgan fingerprint density at radius 1 is 1.28 bits per heavy atom. The van der Waals surface area contributed by atoms with Crippen LogP contribution in [0.25, 0.3) is 0 Å². The molecule has 0 spiro atoms. The zero-order valence-electron chi connectivity index (χ0n) is 15.0. The maximum Gasteiger partial charge on any atom is 0.416 e. The van der Waals surface area contributed by atoms with E-state index in [9.17, 15) is 22.8 Å². The largest absolute Gasteiger partial charge is 0.441 e. The zero-order valence-corrected chi connectivity index (χ0v) is 15.0. The molecule has 11 heteroatoms. The van der Waals surface area contributed by atoms with Gasteiger partial charge in [0.1, 0.15) is 6.26 Å². The molecule has 1 aliphatic heterocycles. The lowest BCUT2D eigenvalue weighted by Gasteiger charge is -2.32. The number of carbonyl (C=O) groups is 2. The first-order valence-electron chi connectivity index (χ1n) is 8.53. The van der Waals surface area contributed by atoms with E-state index in [4.69, 9.17) is 4.42 Å². The average molecular weight is 405 g/mol. The van der Waals surface area contributed by atoms with Gasteiger partial charge in [-0.2, -0.15) is 18.3 Å². The van der Waals surface area contributed by atoms with Crippen molar-refractivity contribution >= 4 is 23.2 Å². The minimum Gasteiger partial charge on any atom is -0.441 e. The van der Waals surface area contributed by atoms with Crippen LogP contribution in [0.15, 0.2) is 47.3 Å². The summed E-state index contributed by atoms with van der Waals surface area (Å²) in [6.45, 7) is 2.02. The zero-order chi connectivity index (χ0) is 20.8. The molecule has 0 saturated carbocycles. The fourth-order valence-corrected chi connectivity index (χ4v) is 3.12. The molecular weight excluding hydrogens is 391 g/mol. The van der Waals surface area contributed by atoms with Crippen LogP contribution in [-0.2, 0) is 6.18 Å². The maximum atomic E-state index is 13.0. The molecule has 0 bridgehead atoms. The summed E-state index contributed by atoms with van der Waals surface area (Å²) in [7, 11) is 0. The van der Waals surface area contributed by atoms with Gasteiger partial charge in [-0.25, -0.2) is 4.98 Å². The third kappa shape index (κ3) is 3.35. The van der Waals surface area contributed by atoms with Gasteiger partial charge in [-0.05, 0) is 31.2 Å². The van der Waals surface area contributed by atoms with Crippen LogP contribution in [-0.4, -0.2) is 33.1 Å². The van der Waals surface area contributed by atoms with Gasteiger partial charge in [0.2, 0.25) is 0 Å². The van der Waals surface area contributed by atoms with Gasteiger partial charge in [0, 0.05) is 12.2 Å².